The van der Waals surface area contributed by atoms with Crippen molar-refractivity contribution in [3.8, 4) is 32.7 Å². The highest BCUT2D eigenvalue weighted by atomic mass is 32.1. The summed E-state index contributed by atoms with van der Waals surface area (Å²) < 4.78 is 5.73. The molecule has 0 radical (unpaired) electrons. The molecule has 2 aromatic carbocycles. The van der Waals surface area contributed by atoms with E-state index in [-0.39, 0.29) is 12.1 Å². The van der Waals surface area contributed by atoms with Gasteiger partial charge in [0.25, 0.3) is 0 Å². The molecule has 0 fully saturated rings. The first kappa shape index (κ1) is 17.8. The first-order valence-electron chi connectivity index (χ1n) is 9.25. The number of nitriles is 1. The Kier molecular flexibility index (Phi) is 4.73. The second-order valence-electron chi connectivity index (χ2n) is 7.17. The number of nitrogens with two attached hydrogens (primary N) is 1. The standard InChI is InChI=1S/C23H22N2OS/c1-14(2)26-21-9-6-15(12-16(21)13-24)22-10-11-23(27-22)19-5-3-4-18-17(19)7-8-20(18)25/h3-6,9-12,14,20H,7-8,25H2,1-2H3. The number of hydrogen-bond donors (Lipinski definition) is 1. The monoisotopic (exact) mass is 374 g/mol. The van der Waals surface area contributed by atoms with E-state index in [1.807, 2.05) is 32.0 Å². The molecule has 1 aliphatic rings. The lowest BCUT2D eigenvalue weighted by atomic mass is 10.0. The van der Waals surface area contributed by atoms with E-state index >= 15 is 0 Å². The SMILES string of the molecule is CC(C)Oc1ccc(-c2ccc(-c3cccc4c3CCC4N)s2)cc1C#N. The molecule has 0 spiro atoms. The number of hydrogen-bond acceptors (Lipinski definition) is 4. The Morgan fingerprint density at radius 3 is 2.74 bits per heavy atom. The summed E-state index contributed by atoms with van der Waals surface area (Å²) >= 11 is 1.75. The Morgan fingerprint density at radius 2 is 1.96 bits per heavy atom. The molecule has 0 saturated carbocycles. The molecule has 1 atom stereocenters. The number of rotatable bonds is 4. The summed E-state index contributed by atoms with van der Waals surface area (Å²) in [6, 6.07) is 19.0. The van der Waals surface area contributed by atoms with E-state index in [9.17, 15) is 5.26 Å². The zero-order valence-corrected chi connectivity index (χ0v) is 16.3. The highest BCUT2D eigenvalue weighted by Crippen LogP contribution is 2.41. The maximum atomic E-state index is 9.48. The first-order valence-corrected chi connectivity index (χ1v) is 10.1. The van der Waals surface area contributed by atoms with E-state index in [1.165, 1.54) is 21.6 Å². The van der Waals surface area contributed by atoms with Gasteiger partial charge in [0.15, 0.2) is 0 Å². The van der Waals surface area contributed by atoms with Crippen LogP contribution < -0.4 is 10.5 Å². The number of benzene rings is 2. The van der Waals surface area contributed by atoms with Crippen LogP contribution >= 0.6 is 11.3 Å². The van der Waals surface area contributed by atoms with Crippen molar-refractivity contribution in [3.05, 3.63) is 65.2 Å². The number of nitrogens with zero attached hydrogens (tertiary/aromatic N) is 1. The molecule has 1 aromatic heterocycles. The lowest BCUT2D eigenvalue weighted by Crippen LogP contribution is -2.06. The second kappa shape index (κ2) is 7.19. The Labute approximate surface area is 164 Å². The third-order valence-corrected chi connectivity index (χ3v) is 6.10. The fourth-order valence-corrected chi connectivity index (χ4v) is 4.74. The lowest BCUT2D eigenvalue weighted by molar-refractivity contribution is 0.242. The van der Waals surface area contributed by atoms with Gasteiger partial charge in [-0.1, -0.05) is 18.2 Å². The van der Waals surface area contributed by atoms with Crippen LogP contribution in [-0.4, -0.2) is 6.10 Å². The minimum Gasteiger partial charge on any atom is -0.490 e. The summed E-state index contributed by atoms with van der Waals surface area (Å²) in [5.74, 6) is 0.642. The number of thiophene rings is 1. The highest BCUT2D eigenvalue weighted by Gasteiger charge is 2.22. The van der Waals surface area contributed by atoms with E-state index in [0.717, 1.165) is 23.3 Å². The molecule has 4 rings (SSSR count). The Hall–Kier alpha value is -2.61. The van der Waals surface area contributed by atoms with Crippen LogP contribution in [0.2, 0.25) is 0 Å². The summed E-state index contributed by atoms with van der Waals surface area (Å²) in [6.07, 6.45) is 2.11. The third-order valence-electron chi connectivity index (χ3n) is 4.94. The normalized spacial score (nSPS) is 15.6. The molecular weight excluding hydrogens is 352 g/mol. The zero-order valence-electron chi connectivity index (χ0n) is 15.5. The van der Waals surface area contributed by atoms with Crippen LogP contribution in [-0.2, 0) is 6.42 Å². The van der Waals surface area contributed by atoms with Crippen LogP contribution in [0.25, 0.3) is 20.9 Å². The van der Waals surface area contributed by atoms with Gasteiger partial charge in [0.05, 0.1) is 11.7 Å². The van der Waals surface area contributed by atoms with Crippen molar-refractivity contribution < 1.29 is 4.74 Å². The molecule has 27 heavy (non-hydrogen) atoms. The van der Waals surface area contributed by atoms with Gasteiger partial charge in [-0.25, -0.2) is 0 Å². The van der Waals surface area contributed by atoms with Gasteiger partial charge in [0, 0.05) is 15.8 Å². The molecule has 3 aromatic rings. The average molecular weight is 375 g/mol. The number of fused-ring (bicyclic) bond motifs is 1. The molecule has 0 bridgehead atoms. The van der Waals surface area contributed by atoms with Crippen molar-refractivity contribution in [2.24, 2.45) is 5.73 Å². The Morgan fingerprint density at radius 1 is 1.15 bits per heavy atom. The van der Waals surface area contributed by atoms with E-state index in [2.05, 4.69) is 36.4 Å². The highest BCUT2D eigenvalue weighted by molar-refractivity contribution is 7.18. The second-order valence-corrected chi connectivity index (χ2v) is 8.26. The first-order chi connectivity index (χ1) is 13.1. The Balaban J connectivity index is 1.69. The van der Waals surface area contributed by atoms with Crippen molar-refractivity contribution in [2.45, 2.75) is 38.8 Å². The molecule has 136 valence electrons. The zero-order chi connectivity index (χ0) is 19.0. The molecule has 0 saturated heterocycles. The Bertz CT molecular complexity index is 1030. The maximum absolute atomic E-state index is 9.48. The summed E-state index contributed by atoms with van der Waals surface area (Å²) in [6.45, 7) is 3.93. The van der Waals surface area contributed by atoms with Gasteiger partial charge < -0.3 is 10.5 Å². The van der Waals surface area contributed by atoms with Crippen LogP contribution in [0.3, 0.4) is 0 Å². The van der Waals surface area contributed by atoms with Crippen LogP contribution in [0.5, 0.6) is 5.75 Å². The van der Waals surface area contributed by atoms with Gasteiger partial charge in [-0.05, 0) is 79.3 Å². The minimum absolute atomic E-state index is 0.0443. The van der Waals surface area contributed by atoms with E-state index in [4.69, 9.17) is 10.5 Å². The lowest BCUT2D eigenvalue weighted by Gasteiger charge is -2.11. The molecule has 1 aliphatic carbocycles. The average Bonchev–Trinajstić information content (AvgIpc) is 3.29. The van der Waals surface area contributed by atoms with Crippen molar-refractivity contribution in [3.63, 3.8) is 0 Å². The predicted molar refractivity (Wildman–Crippen MR) is 111 cm³/mol. The summed E-state index contributed by atoms with van der Waals surface area (Å²) in [5.41, 5.74) is 11.8. The molecule has 0 amide bonds. The van der Waals surface area contributed by atoms with Gasteiger partial charge in [0.1, 0.15) is 11.8 Å². The topological polar surface area (TPSA) is 59.0 Å². The largest absolute Gasteiger partial charge is 0.490 e. The van der Waals surface area contributed by atoms with E-state index in [0.29, 0.717) is 11.3 Å². The van der Waals surface area contributed by atoms with Gasteiger partial charge in [-0.15, -0.1) is 11.3 Å². The summed E-state index contributed by atoms with van der Waals surface area (Å²) in [7, 11) is 0. The summed E-state index contributed by atoms with van der Waals surface area (Å²) in [5, 5.41) is 9.48. The van der Waals surface area contributed by atoms with Gasteiger partial charge in [0.2, 0.25) is 0 Å². The van der Waals surface area contributed by atoms with E-state index in [1.54, 1.807) is 11.3 Å². The molecule has 3 nitrogen and oxygen atoms in total. The predicted octanol–water partition coefficient (Wildman–Crippen LogP) is 5.69. The summed E-state index contributed by atoms with van der Waals surface area (Å²) in [4.78, 5) is 2.40. The van der Waals surface area contributed by atoms with Gasteiger partial charge >= 0.3 is 0 Å². The van der Waals surface area contributed by atoms with E-state index < -0.39 is 0 Å². The smallest absolute Gasteiger partial charge is 0.137 e. The van der Waals surface area contributed by atoms with Crippen LogP contribution in [0.15, 0.2) is 48.5 Å². The molecule has 1 unspecified atom stereocenters. The van der Waals surface area contributed by atoms with Crippen LogP contribution in [0.1, 0.15) is 43.0 Å². The van der Waals surface area contributed by atoms with Gasteiger partial charge in [-0.2, -0.15) is 5.26 Å². The molecule has 0 aliphatic heterocycles. The molecule has 4 heteroatoms. The van der Waals surface area contributed by atoms with Crippen molar-refractivity contribution >= 4 is 11.3 Å². The van der Waals surface area contributed by atoms with Crippen molar-refractivity contribution in [2.75, 3.05) is 0 Å². The minimum atomic E-state index is 0.0443. The fraction of sp³-hybridized carbons (Fsp3) is 0.261. The maximum Gasteiger partial charge on any atom is 0.137 e. The quantitative estimate of drug-likeness (QED) is 0.638. The number of ether oxygens (including phenoxy) is 1. The molecular formula is C23H22N2OS. The van der Waals surface area contributed by atoms with Crippen LogP contribution in [0, 0.1) is 11.3 Å². The fourth-order valence-electron chi connectivity index (χ4n) is 3.68. The molecule has 2 N–H and O–H groups in total. The van der Waals surface area contributed by atoms with Gasteiger partial charge in [-0.3, -0.25) is 0 Å². The molecule has 1 heterocycles. The third kappa shape index (κ3) is 3.37. The van der Waals surface area contributed by atoms with Crippen molar-refractivity contribution in [1.82, 2.24) is 0 Å². The van der Waals surface area contributed by atoms with Crippen molar-refractivity contribution in [1.29, 1.82) is 5.26 Å². The van der Waals surface area contributed by atoms with Crippen LogP contribution in [0.4, 0.5) is 0 Å².